The van der Waals surface area contributed by atoms with Gasteiger partial charge in [-0.05, 0) is 92.0 Å². The summed E-state index contributed by atoms with van der Waals surface area (Å²) in [6, 6.07) is 13.3. The molecule has 0 unspecified atom stereocenters. The minimum atomic E-state index is -3.60. The Hall–Kier alpha value is -2.15. The SMILES string of the molecule is C[C@@H](NS(=O)(=O)c1ccc(NC(=O)/C=C/c2ccc(Cl)cc2)cc1)[C@H]1C[C@@H]2CC[C@@H]1C2. The quantitative estimate of drug-likeness (QED) is 0.567. The molecule has 1 amide bonds. The predicted octanol–water partition coefficient (Wildman–Crippen LogP) is 5.09. The van der Waals surface area contributed by atoms with Crippen LogP contribution < -0.4 is 10.0 Å². The van der Waals surface area contributed by atoms with Crippen LogP contribution in [0, 0.1) is 17.8 Å². The minimum absolute atomic E-state index is 0.0716. The van der Waals surface area contributed by atoms with E-state index in [2.05, 4.69) is 10.0 Å². The van der Waals surface area contributed by atoms with E-state index in [9.17, 15) is 13.2 Å². The van der Waals surface area contributed by atoms with Gasteiger partial charge in [-0.2, -0.15) is 0 Å². The third-order valence-corrected chi connectivity index (χ3v) is 8.33. The maximum Gasteiger partial charge on any atom is 0.248 e. The Labute approximate surface area is 188 Å². The number of anilines is 1. The average molecular weight is 459 g/mol. The molecule has 7 heteroatoms. The van der Waals surface area contributed by atoms with Gasteiger partial charge in [0.05, 0.1) is 4.90 Å². The van der Waals surface area contributed by atoms with Crippen LogP contribution >= 0.6 is 11.6 Å². The van der Waals surface area contributed by atoms with Crippen molar-refractivity contribution < 1.29 is 13.2 Å². The van der Waals surface area contributed by atoms with E-state index in [0.717, 1.165) is 17.9 Å². The maximum absolute atomic E-state index is 12.8. The molecule has 2 aromatic carbocycles. The van der Waals surface area contributed by atoms with Crippen LogP contribution in [-0.2, 0) is 14.8 Å². The van der Waals surface area contributed by atoms with Gasteiger partial charge < -0.3 is 5.32 Å². The fourth-order valence-corrected chi connectivity index (χ4v) is 6.37. The van der Waals surface area contributed by atoms with Crippen LogP contribution in [0.15, 0.2) is 59.5 Å². The molecule has 5 nitrogen and oxygen atoms in total. The summed E-state index contributed by atoms with van der Waals surface area (Å²) in [6.45, 7) is 1.98. The van der Waals surface area contributed by atoms with E-state index in [4.69, 9.17) is 11.6 Å². The lowest BCUT2D eigenvalue weighted by Gasteiger charge is -2.28. The number of sulfonamides is 1. The van der Waals surface area contributed by atoms with Crippen molar-refractivity contribution in [3.8, 4) is 0 Å². The van der Waals surface area contributed by atoms with E-state index in [-0.39, 0.29) is 16.8 Å². The molecule has 4 atom stereocenters. The van der Waals surface area contributed by atoms with E-state index in [1.165, 1.54) is 37.5 Å². The lowest BCUT2D eigenvalue weighted by Crippen LogP contribution is -2.40. The number of hydrogen-bond donors (Lipinski definition) is 2. The number of fused-ring (bicyclic) bond motifs is 2. The Morgan fingerprint density at radius 1 is 1.06 bits per heavy atom. The molecule has 164 valence electrons. The standard InChI is InChI=1S/C24H27ClN2O3S/c1-16(23-15-18-2-6-19(23)14-18)27-31(29,30)22-11-9-21(10-12-22)26-24(28)13-5-17-3-7-20(25)8-4-17/h3-5,7-13,16,18-19,23,27H,2,6,14-15H2,1H3,(H,26,28)/b13-5+/t16-,18-,19-,23-/m1/s1. The lowest BCUT2D eigenvalue weighted by molar-refractivity contribution is -0.111. The van der Waals surface area contributed by atoms with Crippen molar-refractivity contribution in [2.24, 2.45) is 17.8 Å². The molecular formula is C24H27ClN2O3S. The fraction of sp³-hybridized carbons (Fsp3) is 0.375. The summed E-state index contributed by atoms with van der Waals surface area (Å²) in [5.74, 6) is 1.56. The van der Waals surface area contributed by atoms with E-state index < -0.39 is 10.0 Å². The van der Waals surface area contributed by atoms with Crippen LogP contribution in [0.1, 0.15) is 38.2 Å². The van der Waals surface area contributed by atoms with Crippen molar-refractivity contribution in [3.05, 3.63) is 65.2 Å². The van der Waals surface area contributed by atoms with E-state index in [1.54, 1.807) is 30.3 Å². The summed E-state index contributed by atoms with van der Waals surface area (Å²) >= 11 is 5.85. The van der Waals surface area contributed by atoms with Gasteiger partial charge in [0.25, 0.3) is 0 Å². The van der Waals surface area contributed by atoms with Crippen LogP contribution in [0.3, 0.4) is 0 Å². The highest BCUT2D eigenvalue weighted by atomic mass is 35.5. The number of amides is 1. The summed E-state index contributed by atoms with van der Waals surface area (Å²) in [4.78, 5) is 12.3. The number of hydrogen-bond acceptors (Lipinski definition) is 3. The zero-order chi connectivity index (χ0) is 22.0. The maximum atomic E-state index is 12.8. The number of rotatable bonds is 7. The Morgan fingerprint density at radius 2 is 1.77 bits per heavy atom. The van der Waals surface area contributed by atoms with Crippen LogP contribution in [0.25, 0.3) is 6.08 Å². The monoisotopic (exact) mass is 458 g/mol. The topological polar surface area (TPSA) is 75.3 Å². The Morgan fingerprint density at radius 3 is 2.39 bits per heavy atom. The molecule has 0 spiro atoms. The third kappa shape index (κ3) is 5.37. The number of nitrogens with one attached hydrogen (secondary N) is 2. The van der Waals surface area contributed by atoms with Gasteiger partial charge in [0.1, 0.15) is 0 Å². The molecule has 0 aromatic heterocycles. The lowest BCUT2D eigenvalue weighted by atomic mass is 9.84. The Bertz CT molecular complexity index is 1070. The molecule has 0 heterocycles. The third-order valence-electron chi connectivity index (χ3n) is 6.51. The number of carbonyl (C=O) groups excluding carboxylic acids is 1. The second-order valence-corrected chi connectivity index (χ2v) is 10.8. The van der Waals surface area contributed by atoms with Crippen molar-refractivity contribution in [1.29, 1.82) is 0 Å². The average Bonchev–Trinajstić information content (AvgIpc) is 3.37. The smallest absolute Gasteiger partial charge is 0.248 e. The van der Waals surface area contributed by atoms with Gasteiger partial charge in [-0.25, -0.2) is 13.1 Å². The highest BCUT2D eigenvalue weighted by Crippen LogP contribution is 2.49. The van der Waals surface area contributed by atoms with Crippen molar-refractivity contribution >= 4 is 39.3 Å². The van der Waals surface area contributed by atoms with Gasteiger partial charge in [0.15, 0.2) is 0 Å². The van der Waals surface area contributed by atoms with Gasteiger partial charge in [-0.15, -0.1) is 0 Å². The largest absolute Gasteiger partial charge is 0.323 e. The van der Waals surface area contributed by atoms with Crippen molar-refractivity contribution in [3.63, 3.8) is 0 Å². The molecule has 4 rings (SSSR count). The van der Waals surface area contributed by atoms with Crippen LogP contribution in [0.2, 0.25) is 5.02 Å². The Kier molecular flexibility index (Phi) is 6.51. The highest BCUT2D eigenvalue weighted by molar-refractivity contribution is 7.89. The zero-order valence-corrected chi connectivity index (χ0v) is 19.0. The summed E-state index contributed by atoms with van der Waals surface area (Å²) < 4.78 is 28.5. The van der Waals surface area contributed by atoms with E-state index >= 15 is 0 Å². The molecule has 31 heavy (non-hydrogen) atoms. The molecular weight excluding hydrogens is 432 g/mol. The van der Waals surface area contributed by atoms with Gasteiger partial charge in [-0.3, -0.25) is 4.79 Å². The molecule has 2 aliphatic rings. The fourth-order valence-electron chi connectivity index (χ4n) is 4.95. The van der Waals surface area contributed by atoms with Gasteiger partial charge >= 0.3 is 0 Å². The van der Waals surface area contributed by atoms with Crippen LogP contribution in [-0.4, -0.2) is 20.4 Å². The first-order chi connectivity index (χ1) is 14.8. The molecule has 2 N–H and O–H groups in total. The van der Waals surface area contributed by atoms with Gasteiger partial charge in [0.2, 0.25) is 15.9 Å². The molecule has 0 saturated heterocycles. The number of carbonyl (C=O) groups is 1. The number of benzene rings is 2. The molecule has 2 fully saturated rings. The zero-order valence-electron chi connectivity index (χ0n) is 17.4. The predicted molar refractivity (Wildman–Crippen MR) is 124 cm³/mol. The first-order valence-electron chi connectivity index (χ1n) is 10.7. The summed E-state index contributed by atoms with van der Waals surface area (Å²) in [5.41, 5.74) is 1.39. The van der Waals surface area contributed by atoms with Crippen molar-refractivity contribution in [2.45, 2.75) is 43.5 Å². The summed E-state index contributed by atoms with van der Waals surface area (Å²) in [5, 5.41) is 3.37. The molecule has 2 aliphatic carbocycles. The molecule has 2 saturated carbocycles. The van der Waals surface area contributed by atoms with E-state index in [0.29, 0.717) is 22.5 Å². The summed E-state index contributed by atoms with van der Waals surface area (Å²) in [7, 11) is -3.60. The van der Waals surface area contributed by atoms with E-state index in [1.807, 2.05) is 19.1 Å². The highest BCUT2D eigenvalue weighted by Gasteiger charge is 2.42. The molecule has 2 bridgehead atoms. The van der Waals surface area contributed by atoms with Crippen LogP contribution in [0.4, 0.5) is 5.69 Å². The van der Waals surface area contributed by atoms with Gasteiger partial charge in [-0.1, -0.05) is 30.2 Å². The van der Waals surface area contributed by atoms with Crippen molar-refractivity contribution in [1.82, 2.24) is 4.72 Å². The van der Waals surface area contributed by atoms with Crippen molar-refractivity contribution in [2.75, 3.05) is 5.32 Å². The second-order valence-electron chi connectivity index (χ2n) is 8.65. The number of halogens is 1. The second kappa shape index (κ2) is 9.15. The minimum Gasteiger partial charge on any atom is -0.323 e. The summed E-state index contributed by atoms with van der Waals surface area (Å²) in [6.07, 6.45) is 8.00. The Balaban J connectivity index is 1.34. The molecule has 0 aliphatic heterocycles. The normalized spacial score (nSPS) is 23.9. The molecule has 2 aromatic rings. The first kappa shape index (κ1) is 22.1. The first-order valence-corrected chi connectivity index (χ1v) is 12.5. The van der Waals surface area contributed by atoms with Gasteiger partial charge in [0, 0.05) is 22.8 Å². The molecule has 0 radical (unpaired) electrons. The van der Waals surface area contributed by atoms with Crippen LogP contribution in [0.5, 0.6) is 0 Å².